The second kappa shape index (κ2) is 20.8. The molecule has 2 heteroatoms. The molecule has 22 rings (SSSR count). The van der Waals surface area contributed by atoms with E-state index in [0.29, 0.717) is 0 Å². The standard InChI is InChI=1S/C98H60N2/c1-3-23-69-65(19-1)21-17-37-91(69)99-93-35-15-9-29-79(93)81-55-61(45-53-95(81)99)39-41-63-43-49-75-77-51-47-67(59-89(77)97(87(75)57-63)83-31-11-5-25-71(83)72-26-6-12-32-84(72)97)68-48-52-78-76-50-44-64(58-88(76)98(90(78)60-68)85-33-13-7-27-73(85)74-28-8-14-34-86(74)98)42-40-62-46-54-96-82(56-62)80-30-10-16-36-94(80)100(96)92-38-18-22-66-20-2-4-24-70(66)92/h1-60H/b41-39+,42-40+. The summed E-state index contributed by atoms with van der Waals surface area (Å²) < 4.78 is 4.89. The van der Waals surface area contributed by atoms with Crippen LogP contribution in [0.1, 0.15) is 66.8 Å². The van der Waals surface area contributed by atoms with Crippen LogP contribution in [-0.2, 0) is 10.8 Å². The lowest BCUT2D eigenvalue weighted by molar-refractivity contribution is 0.792. The van der Waals surface area contributed by atoms with Crippen molar-refractivity contribution in [1.82, 2.24) is 9.13 Å². The molecule has 4 aliphatic carbocycles. The van der Waals surface area contributed by atoms with Crippen molar-refractivity contribution in [1.29, 1.82) is 0 Å². The van der Waals surface area contributed by atoms with Gasteiger partial charge in [0.25, 0.3) is 0 Å². The van der Waals surface area contributed by atoms with Crippen LogP contribution in [0.3, 0.4) is 0 Å². The number of benzene rings is 16. The van der Waals surface area contributed by atoms with Gasteiger partial charge in [0.15, 0.2) is 0 Å². The van der Waals surface area contributed by atoms with Gasteiger partial charge in [-0.3, -0.25) is 0 Å². The highest BCUT2D eigenvalue weighted by Crippen LogP contribution is 2.66. The first-order valence-corrected chi connectivity index (χ1v) is 34.9. The van der Waals surface area contributed by atoms with E-state index in [-0.39, 0.29) is 0 Å². The van der Waals surface area contributed by atoms with E-state index in [4.69, 9.17) is 0 Å². The van der Waals surface area contributed by atoms with Crippen LogP contribution in [0.2, 0.25) is 0 Å². The molecule has 0 N–H and O–H groups in total. The van der Waals surface area contributed by atoms with E-state index < -0.39 is 10.8 Å². The minimum Gasteiger partial charge on any atom is -0.309 e. The Morgan fingerprint density at radius 2 is 0.480 bits per heavy atom. The zero-order valence-corrected chi connectivity index (χ0v) is 54.5. The third kappa shape index (κ3) is 7.51. The van der Waals surface area contributed by atoms with Gasteiger partial charge in [0.1, 0.15) is 0 Å². The molecule has 16 aromatic carbocycles. The molecule has 0 bridgehead atoms. The first kappa shape index (κ1) is 55.3. The summed E-state index contributed by atoms with van der Waals surface area (Å²) in [6, 6.07) is 128. The summed E-state index contributed by atoms with van der Waals surface area (Å²) in [6.07, 6.45) is 9.26. The second-order valence-corrected chi connectivity index (χ2v) is 27.7. The minimum atomic E-state index is -0.552. The van der Waals surface area contributed by atoms with E-state index in [1.807, 2.05) is 0 Å². The molecule has 0 aliphatic heterocycles. The minimum absolute atomic E-state index is 0.552. The van der Waals surface area contributed by atoms with Crippen molar-refractivity contribution in [2.75, 3.05) is 0 Å². The highest BCUT2D eigenvalue weighted by atomic mass is 15.0. The Balaban J connectivity index is 0.660. The molecular formula is C98H60N2. The number of rotatable bonds is 7. The van der Waals surface area contributed by atoms with Crippen molar-refractivity contribution in [3.8, 4) is 67.0 Å². The third-order valence-corrected chi connectivity index (χ3v) is 22.9. The molecule has 2 heterocycles. The Bertz CT molecular complexity index is 6170. The Morgan fingerprint density at radius 1 is 0.190 bits per heavy atom. The lowest BCUT2D eigenvalue weighted by atomic mass is 9.69. The van der Waals surface area contributed by atoms with Crippen molar-refractivity contribution in [2.45, 2.75) is 10.8 Å². The van der Waals surface area contributed by atoms with Crippen LogP contribution in [0.4, 0.5) is 0 Å². The fourth-order valence-corrected chi connectivity index (χ4v) is 18.8. The molecule has 2 nitrogen and oxygen atoms in total. The van der Waals surface area contributed by atoms with E-state index in [9.17, 15) is 0 Å². The molecule has 0 saturated heterocycles. The van der Waals surface area contributed by atoms with Gasteiger partial charge in [0.05, 0.1) is 44.3 Å². The predicted octanol–water partition coefficient (Wildman–Crippen LogP) is 24.9. The van der Waals surface area contributed by atoms with Gasteiger partial charge in [-0.2, -0.15) is 0 Å². The fraction of sp³-hybridized carbons (Fsp3) is 0.0204. The monoisotopic (exact) mass is 1260 g/mol. The SMILES string of the molecule is C(=C\c1ccc2c(c1)c1ccccc1n2-c1cccc2ccccc12)/c1ccc2c(c1)C1(c3ccccc3-c3ccccc31)c1cc(-c3ccc4c(c3)C3(c5ccccc5-c5ccccc53)c3cc(/C=C/c5ccc6c(c5)c5ccccc5n6-c5cccc6ccccc56)ccc3-4)ccc1-2. The van der Waals surface area contributed by atoms with E-state index in [2.05, 4.69) is 373 Å². The van der Waals surface area contributed by atoms with Gasteiger partial charge >= 0.3 is 0 Å². The van der Waals surface area contributed by atoms with E-state index in [1.165, 1.54) is 188 Å². The molecule has 0 radical (unpaired) electrons. The van der Waals surface area contributed by atoms with Crippen LogP contribution in [-0.4, -0.2) is 9.13 Å². The van der Waals surface area contributed by atoms with Crippen LogP contribution in [0.15, 0.2) is 340 Å². The van der Waals surface area contributed by atoms with Crippen molar-refractivity contribution in [2.24, 2.45) is 0 Å². The molecular weight excluding hydrogens is 1210 g/mol. The zero-order valence-electron chi connectivity index (χ0n) is 54.5. The molecule has 0 amide bonds. The van der Waals surface area contributed by atoms with Gasteiger partial charge in [-0.25, -0.2) is 0 Å². The molecule has 2 aromatic heterocycles. The van der Waals surface area contributed by atoms with Crippen LogP contribution in [0.5, 0.6) is 0 Å². The largest absolute Gasteiger partial charge is 0.309 e. The van der Waals surface area contributed by atoms with Crippen molar-refractivity contribution in [3.05, 3.63) is 406 Å². The number of nitrogens with zero attached hydrogens (tertiary/aromatic N) is 2. The van der Waals surface area contributed by atoms with Crippen molar-refractivity contribution >= 4 is 89.5 Å². The van der Waals surface area contributed by atoms with Crippen molar-refractivity contribution in [3.63, 3.8) is 0 Å². The summed E-state index contributed by atoms with van der Waals surface area (Å²) in [6.45, 7) is 0. The third-order valence-electron chi connectivity index (χ3n) is 22.9. The lowest BCUT2D eigenvalue weighted by Crippen LogP contribution is -2.26. The van der Waals surface area contributed by atoms with E-state index >= 15 is 0 Å². The molecule has 18 aromatic rings. The normalized spacial score (nSPS) is 13.9. The first-order valence-electron chi connectivity index (χ1n) is 34.9. The smallest absolute Gasteiger partial charge is 0.0725 e. The summed E-state index contributed by atoms with van der Waals surface area (Å²) in [7, 11) is 0. The summed E-state index contributed by atoms with van der Waals surface area (Å²) in [5.74, 6) is 0. The topological polar surface area (TPSA) is 9.86 Å². The molecule has 4 aliphatic rings. The number of aromatic nitrogens is 2. The highest BCUT2D eigenvalue weighted by Gasteiger charge is 2.54. The molecule has 0 unspecified atom stereocenters. The lowest BCUT2D eigenvalue weighted by Gasteiger charge is -2.31. The fourth-order valence-electron chi connectivity index (χ4n) is 18.8. The number of fused-ring (bicyclic) bond motifs is 28. The van der Waals surface area contributed by atoms with Crippen molar-refractivity contribution < 1.29 is 0 Å². The Hall–Kier alpha value is -12.9. The maximum Gasteiger partial charge on any atom is 0.0725 e. The summed E-state index contributed by atoms with van der Waals surface area (Å²) in [5.41, 5.74) is 34.1. The van der Waals surface area contributed by atoms with Crippen LogP contribution < -0.4 is 0 Å². The highest BCUT2D eigenvalue weighted by molar-refractivity contribution is 6.13. The van der Waals surface area contributed by atoms with Crippen LogP contribution in [0, 0.1) is 0 Å². The molecule has 2 spiro atoms. The van der Waals surface area contributed by atoms with Gasteiger partial charge in [-0.15, -0.1) is 0 Å². The zero-order chi connectivity index (χ0) is 65.4. The Labute approximate surface area is 579 Å². The van der Waals surface area contributed by atoms with Gasteiger partial charge in [0.2, 0.25) is 0 Å². The summed E-state index contributed by atoms with van der Waals surface area (Å²) >= 11 is 0. The predicted molar refractivity (Wildman–Crippen MR) is 419 cm³/mol. The van der Waals surface area contributed by atoms with Gasteiger partial charge in [-0.05, 0) is 206 Å². The van der Waals surface area contributed by atoms with Gasteiger partial charge in [0, 0.05) is 32.3 Å². The Kier molecular flexibility index (Phi) is 11.5. The molecule has 100 heavy (non-hydrogen) atoms. The number of hydrogen-bond donors (Lipinski definition) is 0. The quantitative estimate of drug-likeness (QED) is 0.141. The first-order chi connectivity index (χ1) is 49.6. The molecule has 462 valence electrons. The maximum absolute atomic E-state index is 2.56. The summed E-state index contributed by atoms with van der Waals surface area (Å²) in [5, 5.41) is 9.93. The van der Waals surface area contributed by atoms with Crippen LogP contribution in [0.25, 0.3) is 156 Å². The summed E-state index contributed by atoms with van der Waals surface area (Å²) in [4.78, 5) is 0. The van der Waals surface area contributed by atoms with Gasteiger partial charge in [-0.1, -0.05) is 291 Å². The number of para-hydroxylation sites is 2. The Morgan fingerprint density at radius 3 is 0.890 bits per heavy atom. The molecule has 0 atom stereocenters. The maximum atomic E-state index is 2.56. The second-order valence-electron chi connectivity index (χ2n) is 27.7. The van der Waals surface area contributed by atoms with Crippen LogP contribution >= 0.6 is 0 Å². The number of hydrogen-bond acceptors (Lipinski definition) is 0. The average Bonchev–Trinajstić information content (AvgIpc) is 1.51. The molecule has 0 fully saturated rings. The average molecular weight is 1270 g/mol. The van der Waals surface area contributed by atoms with E-state index in [1.54, 1.807) is 0 Å². The molecule has 0 saturated carbocycles. The van der Waals surface area contributed by atoms with E-state index in [0.717, 1.165) is 11.1 Å². The van der Waals surface area contributed by atoms with Gasteiger partial charge < -0.3 is 9.13 Å².